The van der Waals surface area contributed by atoms with Gasteiger partial charge in [0.25, 0.3) is 0 Å². The van der Waals surface area contributed by atoms with Crippen LogP contribution in [-0.2, 0) is 0 Å². The maximum Gasteiger partial charge on any atom is 0.0721 e. The largest absolute Gasteiger partial charge is 0.380 e. The van der Waals surface area contributed by atoms with E-state index in [-0.39, 0.29) is 0 Å². The molecule has 1 saturated carbocycles. The molecule has 1 aromatic rings. The van der Waals surface area contributed by atoms with E-state index in [2.05, 4.69) is 12.2 Å². The van der Waals surface area contributed by atoms with Crippen LogP contribution < -0.4 is 5.32 Å². The molecule has 3 heteroatoms. The first-order chi connectivity index (χ1) is 8.70. The Morgan fingerprint density at radius 3 is 2.50 bits per heavy atom. The standard InChI is InChI=1S/C15H21Cl2N/c1-2-11-5-3-6-12(10-9-11)18-15-13(16)7-4-8-14(15)17/h4,7-8,11-12,18H,2-3,5-6,9-10H2,1H3. The van der Waals surface area contributed by atoms with Crippen LogP contribution in [0.4, 0.5) is 5.69 Å². The highest BCUT2D eigenvalue weighted by Crippen LogP contribution is 2.33. The van der Waals surface area contributed by atoms with Crippen molar-refractivity contribution in [3.63, 3.8) is 0 Å². The van der Waals surface area contributed by atoms with Gasteiger partial charge < -0.3 is 5.32 Å². The van der Waals surface area contributed by atoms with Crippen LogP contribution in [0, 0.1) is 5.92 Å². The molecule has 100 valence electrons. The van der Waals surface area contributed by atoms with Gasteiger partial charge in [0, 0.05) is 6.04 Å². The summed E-state index contributed by atoms with van der Waals surface area (Å²) in [5, 5.41) is 4.98. The molecule has 2 rings (SSSR count). The highest BCUT2D eigenvalue weighted by Gasteiger charge is 2.19. The van der Waals surface area contributed by atoms with Crippen molar-refractivity contribution in [2.24, 2.45) is 5.92 Å². The number of benzene rings is 1. The van der Waals surface area contributed by atoms with Gasteiger partial charge in [0.05, 0.1) is 15.7 Å². The minimum Gasteiger partial charge on any atom is -0.380 e. The molecule has 0 saturated heterocycles. The van der Waals surface area contributed by atoms with Gasteiger partial charge in [-0.05, 0) is 37.3 Å². The smallest absolute Gasteiger partial charge is 0.0721 e. The molecule has 1 N–H and O–H groups in total. The highest BCUT2D eigenvalue weighted by atomic mass is 35.5. The minimum atomic E-state index is 0.513. The third-order valence-corrected chi connectivity index (χ3v) is 4.61. The third kappa shape index (κ3) is 3.55. The average Bonchev–Trinajstić information content (AvgIpc) is 2.59. The van der Waals surface area contributed by atoms with E-state index in [1.165, 1.54) is 38.5 Å². The van der Waals surface area contributed by atoms with E-state index in [0.29, 0.717) is 6.04 Å². The van der Waals surface area contributed by atoms with Gasteiger partial charge in [0.2, 0.25) is 0 Å². The Labute approximate surface area is 120 Å². The van der Waals surface area contributed by atoms with Gasteiger partial charge in [0.1, 0.15) is 0 Å². The minimum absolute atomic E-state index is 0.513. The zero-order valence-corrected chi connectivity index (χ0v) is 12.4. The van der Waals surface area contributed by atoms with Crippen molar-refractivity contribution in [2.75, 3.05) is 5.32 Å². The quantitative estimate of drug-likeness (QED) is 0.696. The fourth-order valence-corrected chi connectivity index (χ4v) is 3.28. The van der Waals surface area contributed by atoms with E-state index in [4.69, 9.17) is 23.2 Å². The topological polar surface area (TPSA) is 12.0 Å². The second-order valence-corrected chi connectivity index (χ2v) is 6.03. The molecule has 0 radical (unpaired) electrons. The molecule has 0 spiro atoms. The van der Waals surface area contributed by atoms with Crippen LogP contribution in [0.25, 0.3) is 0 Å². The SMILES string of the molecule is CCC1CCCC(Nc2c(Cl)cccc2Cl)CC1. The summed E-state index contributed by atoms with van der Waals surface area (Å²) in [4.78, 5) is 0. The van der Waals surface area contributed by atoms with Crippen LogP contribution in [0.2, 0.25) is 10.0 Å². The zero-order chi connectivity index (χ0) is 13.0. The summed E-state index contributed by atoms with van der Waals surface area (Å²) in [6.07, 6.45) is 7.73. The van der Waals surface area contributed by atoms with E-state index in [0.717, 1.165) is 21.7 Å². The van der Waals surface area contributed by atoms with Crippen molar-refractivity contribution in [1.29, 1.82) is 0 Å². The van der Waals surface area contributed by atoms with Gasteiger partial charge in [-0.25, -0.2) is 0 Å². The first kappa shape index (κ1) is 14.0. The maximum absolute atomic E-state index is 6.20. The number of rotatable bonds is 3. The molecular formula is C15H21Cl2N. The van der Waals surface area contributed by atoms with Gasteiger partial charge in [-0.3, -0.25) is 0 Å². The Hall–Kier alpha value is -0.400. The summed E-state index contributed by atoms with van der Waals surface area (Å²) >= 11 is 12.4. The van der Waals surface area contributed by atoms with Crippen molar-refractivity contribution in [3.8, 4) is 0 Å². The molecule has 1 nitrogen and oxygen atoms in total. The average molecular weight is 286 g/mol. The number of halogens is 2. The molecule has 0 bridgehead atoms. The van der Waals surface area contributed by atoms with E-state index in [1.54, 1.807) is 0 Å². The van der Waals surface area contributed by atoms with E-state index >= 15 is 0 Å². The van der Waals surface area contributed by atoms with Crippen LogP contribution in [0.5, 0.6) is 0 Å². The van der Waals surface area contributed by atoms with Gasteiger partial charge in [-0.2, -0.15) is 0 Å². The predicted molar refractivity (Wildman–Crippen MR) is 80.7 cm³/mol. The number of anilines is 1. The van der Waals surface area contributed by atoms with Crippen molar-refractivity contribution in [3.05, 3.63) is 28.2 Å². The molecule has 2 unspecified atom stereocenters. The molecule has 1 aliphatic carbocycles. The second kappa shape index (κ2) is 6.68. The van der Waals surface area contributed by atoms with E-state index in [1.807, 2.05) is 18.2 Å². The van der Waals surface area contributed by atoms with Crippen LogP contribution >= 0.6 is 23.2 Å². The normalized spacial score (nSPS) is 24.6. The predicted octanol–water partition coefficient (Wildman–Crippen LogP) is 5.76. The Kier molecular flexibility index (Phi) is 5.20. The Morgan fingerprint density at radius 2 is 1.83 bits per heavy atom. The summed E-state index contributed by atoms with van der Waals surface area (Å²) in [5.41, 5.74) is 0.904. The summed E-state index contributed by atoms with van der Waals surface area (Å²) in [7, 11) is 0. The number of hydrogen-bond acceptors (Lipinski definition) is 1. The van der Waals surface area contributed by atoms with Crippen molar-refractivity contribution >= 4 is 28.9 Å². The summed E-state index contributed by atoms with van der Waals surface area (Å²) in [6.45, 7) is 2.29. The van der Waals surface area contributed by atoms with Gasteiger partial charge in [0.15, 0.2) is 0 Å². The lowest BCUT2D eigenvalue weighted by atomic mass is 9.98. The molecule has 1 fully saturated rings. The number of hydrogen-bond donors (Lipinski definition) is 1. The lowest BCUT2D eigenvalue weighted by Crippen LogP contribution is -2.19. The Bertz CT molecular complexity index is 372. The van der Waals surface area contributed by atoms with Crippen LogP contribution in [-0.4, -0.2) is 6.04 Å². The Balaban J connectivity index is 2.01. The molecular weight excluding hydrogens is 265 g/mol. The zero-order valence-electron chi connectivity index (χ0n) is 10.9. The van der Waals surface area contributed by atoms with Gasteiger partial charge in [-0.15, -0.1) is 0 Å². The lowest BCUT2D eigenvalue weighted by Gasteiger charge is -2.19. The lowest BCUT2D eigenvalue weighted by molar-refractivity contribution is 0.444. The fraction of sp³-hybridized carbons (Fsp3) is 0.600. The molecule has 1 aliphatic rings. The molecule has 18 heavy (non-hydrogen) atoms. The second-order valence-electron chi connectivity index (χ2n) is 5.22. The van der Waals surface area contributed by atoms with Crippen molar-refractivity contribution in [2.45, 2.75) is 51.5 Å². The molecule has 0 aliphatic heterocycles. The molecule has 1 aromatic carbocycles. The van der Waals surface area contributed by atoms with Crippen molar-refractivity contribution < 1.29 is 0 Å². The molecule has 0 amide bonds. The molecule has 2 atom stereocenters. The van der Waals surface area contributed by atoms with Gasteiger partial charge in [-0.1, -0.05) is 55.5 Å². The molecule has 0 heterocycles. The first-order valence-electron chi connectivity index (χ1n) is 6.91. The van der Waals surface area contributed by atoms with E-state index in [9.17, 15) is 0 Å². The maximum atomic E-state index is 6.20. The van der Waals surface area contributed by atoms with Crippen molar-refractivity contribution in [1.82, 2.24) is 0 Å². The Morgan fingerprint density at radius 1 is 1.11 bits per heavy atom. The van der Waals surface area contributed by atoms with E-state index < -0.39 is 0 Å². The summed E-state index contributed by atoms with van der Waals surface area (Å²) in [6, 6.07) is 6.18. The van der Waals surface area contributed by atoms with Crippen LogP contribution in [0.3, 0.4) is 0 Å². The fourth-order valence-electron chi connectivity index (χ4n) is 2.77. The van der Waals surface area contributed by atoms with Crippen LogP contribution in [0.1, 0.15) is 45.4 Å². The number of nitrogens with one attached hydrogen (secondary N) is 1. The highest BCUT2D eigenvalue weighted by molar-refractivity contribution is 6.39. The first-order valence-corrected chi connectivity index (χ1v) is 7.66. The summed E-state index contributed by atoms with van der Waals surface area (Å²) < 4.78 is 0. The monoisotopic (exact) mass is 285 g/mol. The van der Waals surface area contributed by atoms with Gasteiger partial charge >= 0.3 is 0 Å². The number of para-hydroxylation sites is 1. The third-order valence-electron chi connectivity index (χ3n) is 3.98. The van der Waals surface area contributed by atoms with Crippen LogP contribution in [0.15, 0.2) is 18.2 Å². The molecule has 0 aromatic heterocycles. The summed E-state index contributed by atoms with van der Waals surface area (Å²) in [5.74, 6) is 0.901.